The van der Waals surface area contributed by atoms with E-state index in [4.69, 9.17) is 0 Å². The molecule has 0 saturated heterocycles. The Balaban J connectivity index is 1.85. The molecule has 0 atom stereocenters. The van der Waals surface area contributed by atoms with Gasteiger partial charge in [-0.25, -0.2) is 8.42 Å². The second-order valence-corrected chi connectivity index (χ2v) is 8.29. The number of halogens is 1. The summed E-state index contributed by atoms with van der Waals surface area (Å²) in [5, 5.41) is 9.33. The summed E-state index contributed by atoms with van der Waals surface area (Å²) in [6.07, 6.45) is 1.36. The Hall–Kier alpha value is -2.88. The first-order valence-corrected chi connectivity index (χ1v) is 10.3. The van der Waals surface area contributed by atoms with Crippen molar-refractivity contribution < 1.29 is 8.42 Å². The van der Waals surface area contributed by atoms with Crippen molar-refractivity contribution in [2.45, 2.75) is 0 Å². The molecule has 3 aromatic carbocycles. The quantitative estimate of drug-likeness (QED) is 0.540. The lowest BCUT2D eigenvalue weighted by molar-refractivity contribution is 0.608. The van der Waals surface area contributed by atoms with Crippen LogP contribution in [0.2, 0.25) is 0 Å². The fourth-order valence-electron chi connectivity index (χ4n) is 2.45. The van der Waals surface area contributed by atoms with Crippen molar-refractivity contribution >= 4 is 37.7 Å². The van der Waals surface area contributed by atoms with Crippen molar-refractivity contribution in [1.82, 2.24) is 0 Å². The molecule has 0 heterocycles. The van der Waals surface area contributed by atoms with Crippen LogP contribution in [0.5, 0.6) is 0 Å². The summed E-state index contributed by atoms with van der Waals surface area (Å²) in [5.41, 5.74) is 3.10. The molecular weight excluding hydrogens is 424 g/mol. The Morgan fingerprint density at radius 3 is 2.07 bits per heavy atom. The van der Waals surface area contributed by atoms with Crippen molar-refractivity contribution in [3.05, 3.63) is 93.8 Å². The van der Waals surface area contributed by atoms with Gasteiger partial charge in [0, 0.05) is 10.2 Å². The molecule has 0 aliphatic rings. The topological polar surface area (TPSA) is 70.0 Å². The third kappa shape index (κ3) is 4.85. The molecule has 1 N–H and O–H groups in total. The van der Waals surface area contributed by atoms with Gasteiger partial charge in [-0.1, -0.05) is 70.5 Å². The number of nitriles is 1. The number of nitrogens with one attached hydrogen (secondary N) is 1. The predicted molar refractivity (Wildman–Crippen MR) is 112 cm³/mol. The van der Waals surface area contributed by atoms with Crippen LogP contribution in [-0.2, 0) is 10.0 Å². The van der Waals surface area contributed by atoms with Gasteiger partial charge >= 0.3 is 0 Å². The second kappa shape index (κ2) is 8.21. The van der Waals surface area contributed by atoms with Crippen LogP contribution in [-0.4, -0.2) is 8.42 Å². The number of sulfonamides is 1. The number of nitrogens with zero attached hydrogens (tertiary/aromatic N) is 1. The third-order valence-electron chi connectivity index (χ3n) is 3.81. The molecule has 3 rings (SSSR count). The number of rotatable bonds is 5. The monoisotopic (exact) mass is 438 g/mol. The van der Waals surface area contributed by atoms with Crippen LogP contribution in [0.3, 0.4) is 0 Å². The molecule has 4 nitrogen and oxygen atoms in total. The van der Waals surface area contributed by atoms with Crippen LogP contribution in [0.4, 0.5) is 5.69 Å². The van der Waals surface area contributed by atoms with Crippen LogP contribution in [0, 0.1) is 11.3 Å². The van der Waals surface area contributed by atoms with Crippen molar-refractivity contribution in [3.63, 3.8) is 0 Å². The average Bonchev–Trinajstić information content (AvgIpc) is 2.69. The van der Waals surface area contributed by atoms with Gasteiger partial charge in [0.1, 0.15) is 6.07 Å². The van der Waals surface area contributed by atoms with Crippen molar-refractivity contribution in [1.29, 1.82) is 5.26 Å². The van der Waals surface area contributed by atoms with E-state index in [1.807, 2.05) is 42.5 Å². The van der Waals surface area contributed by atoms with Gasteiger partial charge in [-0.3, -0.25) is 4.72 Å². The molecule has 0 unspecified atom stereocenters. The zero-order valence-electron chi connectivity index (χ0n) is 14.1. The summed E-state index contributed by atoms with van der Waals surface area (Å²) in [6.45, 7) is 0. The van der Waals surface area contributed by atoms with E-state index in [-0.39, 0.29) is 4.91 Å². The van der Waals surface area contributed by atoms with Gasteiger partial charge in [-0.2, -0.15) is 5.26 Å². The predicted octanol–water partition coefficient (Wildman–Crippen LogP) is 5.42. The lowest BCUT2D eigenvalue weighted by Crippen LogP contribution is -2.14. The lowest BCUT2D eigenvalue weighted by atomic mass is 10.0. The Bertz CT molecular complexity index is 1100. The maximum absolute atomic E-state index is 12.5. The Kier molecular flexibility index (Phi) is 5.75. The minimum absolute atomic E-state index is 0.349. The van der Waals surface area contributed by atoms with Crippen LogP contribution >= 0.6 is 15.9 Å². The van der Waals surface area contributed by atoms with E-state index in [1.54, 1.807) is 42.5 Å². The van der Waals surface area contributed by atoms with Gasteiger partial charge in [-0.15, -0.1) is 0 Å². The highest BCUT2D eigenvalue weighted by Crippen LogP contribution is 2.22. The first-order valence-electron chi connectivity index (χ1n) is 8.03. The minimum atomic E-state index is -3.96. The zero-order valence-corrected chi connectivity index (χ0v) is 16.5. The molecule has 0 fully saturated rings. The van der Waals surface area contributed by atoms with Gasteiger partial charge in [0.2, 0.25) is 0 Å². The lowest BCUT2D eigenvalue weighted by Gasteiger charge is -2.07. The van der Waals surface area contributed by atoms with Crippen LogP contribution in [0.1, 0.15) is 5.56 Å². The van der Waals surface area contributed by atoms with Crippen LogP contribution in [0.15, 0.2) is 88.2 Å². The molecule has 0 bridgehead atoms. The van der Waals surface area contributed by atoms with E-state index in [1.165, 1.54) is 6.08 Å². The number of benzene rings is 3. The van der Waals surface area contributed by atoms with E-state index in [2.05, 4.69) is 20.7 Å². The van der Waals surface area contributed by atoms with Gasteiger partial charge in [-0.05, 0) is 47.0 Å². The summed E-state index contributed by atoms with van der Waals surface area (Å²) in [4.78, 5) is -0.349. The first-order chi connectivity index (χ1) is 13.0. The Labute approximate surface area is 167 Å². The SMILES string of the molecule is N#C/C(=C\c1ccc(-c2ccccc2)cc1)S(=O)(=O)Nc1ccc(Br)cc1. The molecule has 0 spiro atoms. The second-order valence-electron chi connectivity index (χ2n) is 5.72. The van der Waals surface area contributed by atoms with Crippen molar-refractivity contribution in [3.8, 4) is 17.2 Å². The highest BCUT2D eigenvalue weighted by Gasteiger charge is 2.17. The van der Waals surface area contributed by atoms with Crippen molar-refractivity contribution in [2.75, 3.05) is 4.72 Å². The van der Waals surface area contributed by atoms with Crippen molar-refractivity contribution in [2.24, 2.45) is 0 Å². The average molecular weight is 439 g/mol. The normalized spacial score (nSPS) is 11.6. The van der Waals surface area contributed by atoms with E-state index in [0.717, 1.165) is 15.6 Å². The van der Waals surface area contributed by atoms with E-state index >= 15 is 0 Å². The molecule has 0 saturated carbocycles. The fraction of sp³-hybridized carbons (Fsp3) is 0. The summed E-state index contributed by atoms with van der Waals surface area (Å²) in [7, 11) is -3.96. The first kappa shape index (κ1) is 18.9. The Morgan fingerprint density at radius 2 is 1.48 bits per heavy atom. The maximum Gasteiger partial charge on any atom is 0.272 e. The van der Waals surface area contributed by atoms with Crippen LogP contribution < -0.4 is 4.72 Å². The van der Waals surface area contributed by atoms with E-state index in [0.29, 0.717) is 11.3 Å². The molecule has 3 aromatic rings. The highest BCUT2D eigenvalue weighted by atomic mass is 79.9. The molecule has 0 radical (unpaired) electrons. The maximum atomic E-state index is 12.5. The van der Waals surface area contributed by atoms with Gasteiger partial charge < -0.3 is 0 Å². The number of hydrogen-bond donors (Lipinski definition) is 1. The van der Waals surface area contributed by atoms with Crippen LogP contribution in [0.25, 0.3) is 17.2 Å². The highest BCUT2D eigenvalue weighted by molar-refractivity contribution is 9.10. The molecule has 0 aliphatic carbocycles. The number of anilines is 1. The summed E-state index contributed by atoms with van der Waals surface area (Å²) >= 11 is 3.29. The van der Waals surface area contributed by atoms with Gasteiger partial charge in [0.25, 0.3) is 10.0 Å². The molecule has 6 heteroatoms. The fourth-order valence-corrected chi connectivity index (χ4v) is 3.68. The standard InChI is InChI=1S/C21H15BrN2O2S/c22-19-10-12-20(13-11-19)24-27(25,26)21(15-23)14-16-6-8-18(9-7-16)17-4-2-1-3-5-17/h1-14,24H/b21-14+. The minimum Gasteiger partial charge on any atom is -0.279 e. The molecule has 0 amide bonds. The molecule has 0 aromatic heterocycles. The number of hydrogen-bond acceptors (Lipinski definition) is 3. The largest absolute Gasteiger partial charge is 0.279 e. The van der Waals surface area contributed by atoms with Gasteiger partial charge in [0.05, 0.1) is 0 Å². The third-order valence-corrected chi connectivity index (χ3v) is 5.63. The zero-order chi connectivity index (χ0) is 19.3. The summed E-state index contributed by atoms with van der Waals surface area (Å²) in [6, 6.07) is 25.7. The molecule has 27 heavy (non-hydrogen) atoms. The summed E-state index contributed by atoms with van der Waals surface area (Å²) in [5.74, 6) is 0. The summed E-state index contributed by atoms with van der Waals surface area (Å²) < 4.78 is 28.2. The molecule has 0 aliphatic heterocycles. The smallest absolute Gasteiger partial charge is 0.272 e. The number of allylic oxidation sites excluding steroid dienone is 1. The molecular formula is C21H15BrN2O2S. The Morgan fingerprint density at radius 1 is 0.889 bits per heavy atom. The van der Waals surface area contributed by atoms with Gasteiger partial charge in [0.15, 0.2) is 4.91 Å². The molecule has 134 valence electrons. The van der Waals surface area contributed by atoms with E-state index in [9.17, 15) is 13.7 Å². The van der Waals surface area contributed by atoms with E-state index < -0.39 is 10.0 Å².